The Hall–Kier alpha value is -0.830. The van der Waals surface area contributed by atoms with Crippen molar-refractivity contribution in [1.29, 1.82) is 0 Å². The summed E-state index contributed by atoms with van der Waals surface area (Å²) in [6.45, 7) is 5.34. The fourth-order valence-electron chi connectivity index (χ4n) is 1.26. The van der Waals surface area contributed by atoms with Crippen molar-refractivity contribution in [2.45, 2.75) is 26.7 Å². The van der Waals surface area contributed by atoms with Gasteiger partial charge in [0, 0.05) is 12.6 Å². The molecule has 1 rings (SSSR count). The SMILES string of the molecule is CCC(CC)CNc1cc(Cl)ncn1. The summed E-state index contributed by atoms with van der Waals surface area (Å²) in [5, 5.41) is 3.73. The molecule has 0 fully saturated rings. The highest BCUT2D eigenvalue weighted by Crippen LogP contribution is 2.11. The zero-order valence-electron chi connectivity index (χ0n) is 8.63. The Labute approximate surface area is 89.9 Å². The number of nitrogens with one attached hydrogen (secondary N) is 1. The lowest BCUT2D eigenvalue weighted by Crippen LogP contribution is -2.13. The van der Waals surface area contributed by atoms with Gasteiger partial charge in [0.2, 0.25) is 0 Å². The molecule has 1 aromatic heterocycles. The summed E-state index contributed by atoms with van der Waals surface area (Å²) < 4.78 is 0. The van der Waals surface area contributed by atoms with E-state index in [0.29, 0.717) is 11.1 Å². The van der Waals surface area contributed by atoms with Crippen LogP contribution >= 0.6 is 11.6 Å². The Morgan fingerprint density at radius 2 is 2.07 bits per heavy atom. The maximum absolute atomic E-state index is 5.74. The van der Waals surface area contributed by atoms with E-state index in [0.717, 1.165) is 12.4 Å². The molecule has 0 aliphatic carbocycles. The van der Waals surface area contributed by atoms with E-state index in [9.17, 15) is 0 Å². The lowest BCUT2D eigenvalue weighted by molar-refractivity contribution is 0.518. The van der Waals surface area contributed by atoms with Crippen molar-refractivity contribution in [2.75, 3.05) is 11.9 Å². The van der Waals surface area contributed by atoms with Crippen LogP contribution in [0, 0.1) is 5.92 Å². The van der Waals surface area contributed by atoms with Crippen molar-refractivity contribution < 1.29 is 0 Å². The predicted molar refractivity (Wildman–Crippen MR) is 59.6 cm³/mol. The maximum Gasteiger partial charge on any atom is 0.134 e. The molecule has 0 saturated heterocycles. The van der Waals surface area contributed by atoms with Crippen LogP contribution in [0.15, 0.2) is 12.4 Å². The van der Waals surface area contributed by atoms with Crippen LogP contribution in [0.3, 0.4) is 0 Å². The van der Waals surface area contributed by atoms with Gasteiger partial charge in [-0.15, -0.1) is 0 Å². The summed E-state index contributed by atoms with van der Waals surface area (Å²) in [5.74, 6) is 1.50. The predicted octanol–water partition coefficient (Wildman–Crippen LogP) is 2.98. The largest absolute Gasteiger partial charge is 0.370 e. The molecule has 1 aromatic rings. The van der Waals surface area contributed by atoms with Crippen molar-refractivity contribution in [3.8, 4) is 0 Å². The van der Waals surface area contributed by atoms with E-state index in [1.165, 1.54) is 19.2 Å². The van der Waals surface area contributed by atoms with Gasteiger partial charge in [-0.3, -0.25) is 0 Å². The normalized spacial score (nSPS) is 10.6. The first kappa shape index (κ1) is 11.2. The Balaban J connectivity index is 2.44. The molecular weight excluding hydrogens is 198 g/mol. The molecule has 0 aliphatic rings. The molecule has 1 N–H and O–H groups in total. The maximum atomic E-state index is 5.74. The molecule has 1 heterocycles. The van der Waals surface area contributed by atoms with Crippen LogP contribution in [-0.2, 0) is 0 Å². The van der Waals surface area contributed by atoms with Crippen molar-refractivity contribution >= 4 is 17.4 Å². The van der Waals surface area contributed by atoms with E-state index in [1.54, 1.807) is 6.07 Å². The zero-order valence-corrected chi connectivity index (χ0v) is 9.38. The minimum atomic E-state index is 0.479. The molecule has 4 heteroatoms. The zero-order chi connectivity index (χ0) is 10.4. The topological polar surface area (TPSA) is 37.8 Å². The average molecular weight is 214 g/mol. The molecule has 0 amide bonds. The van der Waals surface area contributed by atoms with E-state index >= 15 is 0 Å². The van der Waals surface area contributed by atoms with Gasteiger partial charge in [-0.1, -0.05) is 38.3 Å². The van der Waals surface area contributed by atoms with E-state index in [4.69, 9.17) is 11.6 Å². The molecule has 78 valence electrons. The lowest BCUT2D eigenvalue weighted by Gasteiger charge is -2.13. The van der Waals surface area contributed by atoms with Gasteiger partial charge in [0.25, 0.3) is 0 Å². The molecule has 0 unspecified atom stereocenters. The number of anilines is 1. The van der Waals surface area contributed by atoms with Crippen molar-refractivity contribution in [2.24, 2.45) is 5.92 Å². The minimum Gasteiger partial charge on any atom is -0.370 e. The summed E-state index contributed by atoms with van der Waals surface area (Å²) in [4.78, 5) is 7.90. The monoisotopic (exact) mass is 213 g/mol. The number of hydrogen-bond donors (Lipinski definition) is 1. The van der Waals surface area contributed by atoms with Crippen molar-refractivity contribution in [3.63, 3.8) is 0 Å². The molecule has 0 aliphatic heterocycles. The summed E-state index contributed by atoms with van der Waals surface area (Å²) in [6.07, 6.45) is 3.84. The molecule has 14 heavy (non-hydrogen) atoms. The van der Waals surface area contributed by atoms with Crippen LogP contribution in [0.25, 0.3) is 0 Å². The molecular formula is C10H16ClN3. The average Bonchev–Trinajstić information content (AvgIpc) is 2.19. The van der Waals surface area contributed by atoms with Gasteiger partial charge in [-0.2, -0.15) is 0 Å². The molecule has 0 radical (unpaired) electrons. The van der Waals surface area contributed by atoms with Gasteiger partial charge < -0.3 is 5.32 Å². The molecule has 0 saturated carbocycles. The highest BCUT2D eigenvalue weighted by molar-refractivity contribution is 6.29. The standard InChI is InChI=1S/C10H16ClN3/c1-3-8(4-2)6-12-10-5-9(11)13-7-14-10/h5,7-8H,3-4,6H2,1-2H3,(H,12,13,14). The lowest BCUT2D eigenvalue weighted by atomic mass is 10.0. The smallest absolute Gasteiger partial charge is 0.134 e. The van der Waals surface area contributed by atoms with Gasteiger partial charge in [0.15, 0.2) is 0 Å². The second-order valence-electron chi connectivity index (χ2n) is 3.29. The first-order valence-electron chi connectivity index (χ1n) is 4.97. The van der Waals surface area contributed by atoms with E-state index < -0.39 is 0 Å². The van der Waals surface area contributed by atoms with E-state index in [-0.39, 0.29) is 0 Å². The van der Waals surface area contributed by atoms with Gasteiger partial charge in [0.05, 0.1) is 0 Å². The van der Waals surface area contributed by atoms with Crippen LogP contribution < -0.4 is 5.32 Å². The van der Waals surface area contributed by atoms with Crippen LogP contribution in [0.2, 0.25) is 5.15 Å². The second kappa shape index (κ2) is 5.81. The molecule has 0 atom stereocenters. The van der Waals surface area contributed by atoms with Gasteiger partial charge in [0.1, 0.15) is 17.3 Å². The Morgan fingerprint density at radius 1 is 1.36 bits per heavy atom. The highest BCUT2D eigenvalue weighted by Gasteiger charge is 2.03. The first-order valence-corrected chi connectivity index (χ1v) is 5.35. The molecule has 3 nitrogen and oxygen atoms in total. The van der Waals surface area contributed by atoms with Gasteiger partial charge in [-0.05, 0) is 5.92 Å². The number of hydrogen-bond acceptors (Lipinski definition) is 3. The van der Waals surface area contributed by atoms with Crippen LogP contribution in [0.5, 0.6) is 0 Å². The molecule has 0 spiro atoms. The van der Waals surface area contributed by atoms with Gasteiger partial charge >= 0.3 is 0 Å². The highest BCUT2D eigenvalue weighted by atomic mass is 35.5. The fraction of sp³-hybridized carbons (Fsp3) is 0.600. The quantitative estimate of drug-likeness (QED) is 0.765. The first-order chi connectivity index (χ1) is 6.76. The van der Waals surface area contributed by atoms with E-state index in [1.807, 2.05) is 0 Å². The van der Waals surface area contributed by atoms with Crippen molar-refractivity contribution in [1.82, 2.24) is 9.97 Å². The van der Waals surface area contributed by atoms with Crippen LogP contribution in [0.4, 0.5) is 5.82 Å². The van der Waals surface area contributed by atoms with E-state index in [2.05, 4.69) is 29.1 Å². The second-order valence-corrected chi connectivity index (χ2v) is 3.68. The minimum absolute atomic E-state index is 0.479. The summed E-state index contributed by atoms with van der Waals surface area (Å²) in [5.41, 5.74) is 0. The fourth-order valence-corrected chi connectivity index (χ4v) is 1.40. The molecule has 0 bridgehead atoms. The van der Waals surface area contributed by atoms with Gasteiger partial charge in [-0.25, -0.2) is 9.97 Å². The number of halogens is 1. The third kappa shape index (κ3) is 3.50. The van der Waals surface area contributed by atoms with Crippen LogP contribution in [-0.4, -0.2) is 16.5 Å². The summed E-state index contributed by atoms with van der Waals surface area (Å²) >= 11 is 5.74. The third-order valence-electron chi connectivity index (χ3n) is 2.36. The Bertz CT molecular complexity index is 274. The van der Waals surface area contributed by atoms with Crippen LogP contribution in [0.1, 0.15) is 26.7 Å². The Morgan fingerprint density at radius 3 is 2.64 bits per heavy atom. The number of aromatic nitrogens is 2. The molecule has 0 aromatic carbocycles. The number of nitrogens with zero attached hydrogens (tertiary/aromatic N) is 2. The number of rotatable bonds is 5. The Kier molecular flexibility index (Phi) is 4.66. The summed E-state index contributed by atoms with van der Waals surface area (Å²) in [7, 11) is 0. The third-order valence-corrected chi connectivity index (χ3v) is 2.57. The summed E-state index contributed by atoms with van der Waals surface area (Å²) in [6, 6.07) is 1.74. The van der Waals surface area contributed by atoms with Crippen molar-refractivity contribution in [3.05, 3.63) is 17.5 Å².